The first-order chi connectivity index (χ1) is 12.0. The van der Waals surface area contributed by atoms with E-state index in [2.05, 4.69) is 20.3 Å². The van der Waals surface area contributed by atoms with Gasteiger partial charge in [-0.3, -0.25) is 4.79 Å². The van der Waals surface area contributed by atoms with Crippen LogP contribution in [0.15, 0.2) is 47.9 Å². The highest BCUT2D eigenvalue weighted by Crippen LogP contribution is 2.12. The lowest BCUT2D eigenvalue weighted by molar-refractivity contribution is 0.0940. The van der Waals surface area contributed by atoms with Gasteiger partial charge in [0, 0.05) is 43.6 Å². The number of carbonyl (C=O) groups excluding carboxylic acids is 1. The van der Waals surface area contributed by atoms with Crippen molar-refractivity contribution in [3.8, 4) is 0 Å². The van der Waals surface area contributed by atoms with E-state index in [-0.39, 0.29) is 23.4 Å². The van der Waals surface area contributed by atoms with Gasteiger partial charge in [-0.05, 0) is 31.2 Å². The van der Waals surface area contributed by atoms with Gasteiger partial charge in [-0.15, -0.1) is 0 Å². The van der Waals surface area contributed by atoms with Crippen LogP contribution < -0.4 is 15.4 Å². The number of imidazole rings is 1. The minimum absolute atomic E-state index is 0.0790. The molecule has 134 valence electrons. The molecule has 2 aromatic rings. The average Bonchev–Trinajstić information content (AvgIpc) is 3.29. The van der Waals surface area contributed by atoms with Crippen LogP contribution in [0.25, 0.3) is 0 Å². The molecule has 3 N–H and O–H groups in total. The van der Waals surface area contributed by atoms with Crippen molar-refractivity contribution in [2.75, 3.05) is 19.6 Å². The number of benzene rings is 1. The highest BCUT2D eigenvalue weighted by Gasteiger charge is 2.19. The van der Waals surface area contributed by atoms with Crippen molar-refractivity contribution in [1.82, 2.24) is 24.9 Å². The van der Waals surface area contributed by atoms with Crippen molar-refractivity contribution in [2.24, 2.45) is 0 Å². The van der Waals surface area contributed by atoms with E-state index in [9.17, 15) is 13.2 Å². The van der Waals surface area contributed by atoms with Gasteiger partial charge in [-0.1, -0.05) is 6.07 Å². The fourth-order valence-electron chi connectivity index (χ4n) is 2.66. The molecule has 1 aliphatic heterocycles. The van der Waals surface area contributed by atoms with Crippen molar-refractivity contribution in [1.29, 1.82) is 0 Å². The lowest BCUT2D eigenvalue weighted by Gasteiger charge is -2.12. The van der Waals surface area contributed by atoms with Crippen LogP contribution in [0.4, 0.5) is 0 Å². The molecule has 1 fully saturated rings. The summed E-state index contributed by atoms with van der Waals surface area (Å²) in [6.45, 7) is 2.33. The molecule has 8 nitrogen and oxygen atoms in total. The third-order valence-corrected chi connectivity index (χ3v) is 5.48. The Morgan fingerprint density at radius 3 is 3.00 bits per heavy atom. The Kier molecular flexibility index (Phi) is 5.47. The van der Waals surface area contributed by atoms with Gasteiger partial charge in [0.2, 0.25) is 10.0 Å². The van der Waals surface area contributed by atoms with Gasteiger partial charge in [-0.2, -0.15) is 0 Å². The lowest BCUT2D eigenvalue weighted by Crippen LogP contribution is -2.36. The van der Waals surface area contributed by atoms with E-state index in [1.165, 1.54) is 12.1 Å². The van der Waals surface area contributed by atoms with E-state index in [4.69, 9.17) is 0 Å². The molecule has 3 rings (SSSR count). The molecule has 1 atom stereocenters. The van der Waals surface area contributed by atoms with Crippen LogP contribution in [0.5, 0.6) is 0 Å². The molecular formula is C16H21N5O3S. The van der Waals surface area contributed by atoms with Gasteiger partial charge >= 0.3 is 0 Å². The first-order valence-corrected chi connectivity index (χ1v) is 9.60. The van der Waals surface area contributed by atoms with Crippen LogP contribution in [0.3, 0.4) is 0 Å². The second-order valence-corrected chi connectivity index (χ2v) is 7.66. The number of carbonyl (C=O) groups is 1. The molecule has 2 heterocycles. The Morgan fingerprint density at radius 2 is 2.28 bits per heavy atom. The van der Waals surface area contributed by atoms with Gasteiger partial charge in [0.1, 0.15) is 0 Å². The second-order valence-electron chi connectivity index (χ2n) is 5.89. The zero-order chi connectivity index (χ0) is 17.7. The number of hydrogen-bond acceptors (Lipinski definition) is 5. The molecule has 1 saturated heterocycles. The monoisotopic (exact) mass is 363 g/mol. The van der Waals surface area contributed by atoms with Gasteiger partial charge in [0.05, 0.1) is 11.2 Å². The van der Waals surface area contributed by atoms with E-state index in [0.717, 1.165) is 19.5 Å². The van der Waals surface area contributed by atoms with E-state index >= 15 is 0 Å². The molecule has 25 heavy (non-hydrogen) atoms. The van der Waals surface area contributed by atoms with Gasteiger partial charge < -0.3 is 15.2 Å². The Balaban J connectivity index is 1.63. The van der Waals surface area contributed by atoms with E-state index in [0.29, 0.717) is 12.1 Å². The van der Waals surface area contributed by atoms with Crippen molar-refractivity contribution < 1.29 is 13.2 Å². The van der Waals surface area contributed by atoms with Crippen molar-refractivity contribution in [2.45, 2.75) is 23.9 Å². The molecule has 0 saturated carbocycles. The number of rotatable bonds is 7. The van der Waals surface area contributed by atoms with Crippen molar-refractivity contribution in [3.05, 3.63) is 48.5 Å². The summed E-state index contributed by atoms with van der Waals surface area (Å²) in [6.07, 6.45) is 5.89. The maximum Gasteiger partial charge on any atom is 0.251 e. The average molecular weight is 363 g/mol. The molecule has 1 amide bonds. The minimum atomic E-state index is -3.67. The van der Waals surface area contributed by atoms with Gasteiger partial charge in [0.25, 0.3) is 5.91 Å². The lowest BCUT2D eigenvalue weighted by atomic mass is 10.2. The van der Waals surface area contributed by atoms with Crippen LogP contribution in [0, 0.1) is 0 Å². The molecule has 9 heteroatoms. The molecule has 0 radical (unpaired) electrons. The third-order valence-electron chi connectivity index (χ3n) is 4.02. The van der Waals surface area contributed by atoms with E-state index < -0.39 is 10.0 Å². The molecule has 0 spiro atoms. The summed E-state index contributed by atoms with van der Waals surface area (Å²) in [5.74, 6) is -0.260. The first kappa shape index (κ1) is 17.6. The summed E-state index contributed by atoms with van der Waals surface area (Å²) in [5.41, 5.74) is 0.337. The van der Waals surface area contributed by atoms with Crippen LogP contribution in [-0.4, -0.2) is 49.6 Å². The maximum atomic E-state index is 12.4. The Labute approximate surface area is 146 Å². The topological polar surface area (TPSA) is 105 Å². The molecule has 1 aromatic heterocycles. The predicted octanol–water partition coefficient (Wildman–Crippen LogP) is -0.0467. The summed E-state index contributed by atoms with van der Waals surface area (Å²) in [4.78, 5) is 16.3. The maximum absolute atomic E-state index is 12.4. The highest BCUT2D eigenvalue weighted by molar-refractivity contribution is 7.89. The zero-order valence-electron chi connectivity index (χ0n) is 13.7. The summed E-state index contributed by atoms with van der Waals surface area (Å²) in [5, 5.41) is 6.08. The SMILES string of the molecule is O=C(N[C@H]1CCNC1)c1cccc(S(=O)(=O)NCCn2ccnc2)c1. The summed E-state index contributed by atoms with van der Waals surface area (Å²) in [7, 11) is -3.67. The normalized spacial score (nSPS) is 17.5. The molecule has 0 unspecified atom stereocenters. The van der Waals surface area contributed by atoms with Crippen molar-refractivity contribution in [3.63, 3.8) is 0 Å². The van der Waals surface area contributed by atoms with E-state index in [1.54, 1.807) is 35.4 Å². The smallest absolute Gasteiger partial charge is 0.251 e. The molecule has 0 bridgehead atoms. The fourth-order valence-corrected chi connectivity index (χ4v) is 3.73. The number of aromatic nitrogens is 2. The largest absolute Gasteiger partial charge is 0.348 e. The number of sulfonamides is 1. The van der Waals surface area contributed by atoms with Crippen LogP contribution in [0.1, 0.15) is 16.8 Å². The Hall–Kier alpha value is -2.23. The van der Waals surface area contributed by atoms with E-state index in [1.807, 2.05) is 0 Å². The highest BCUT2D eigenvalue weighted by atomic mass is 32.2. The zero-order valence-corrected chi connectivity index (χ0v) is 14.5. The number of amides is 1. The van der Waals surface area contributed by atoms with Gasteiger partial charge in [0.15, 0.2) is 0 Å². The second kappa shape index (κ2) is 7.77. The van der Waals surface area contributed by atoms with Crippen LogP contribution in [-0.2, 0) is 16.6 Å². The first-order valence-electron chi connectivity index (χ1n) is 8.12. The molecule has 0 aliphatic carbocycles. The standard InChI is InChI=1S/C16H21N5O3S/c22-16(20-14-4-5-17-11-14)13-2-1-3-15(10-13)25(23,24)19-7-9-21-8-6-18-12-21/h1-3,6,8,10,12,14,17,19H,4-5,7,9,11H2,(H,20,22)/t14-/m0/s1. The molecule has 1 aliphatic rings. The predicted molar refractivity (Wildman–Crippen MR) is 92.6 cm³/mol. The number of nitrogens with one attached hydrogen (secondary N) is 3. The van der Waals surface area contributed by atoms with Gasteiger partial charge in [-0.25, -0.2) is 18.1 Å². The summed E-state index contributed by atoms with van der Waals surface area (Å²) in [6, 6.07) is 6.15. The Bertz CT molecular complexity index is 814. The molecular weight excluding hydrogens is 342 g/mol. The van der Waals surface area contributed by atoms with Crippen LogP contribution in [0.2, 0.25) is 0 Å². The third kappa shape index (κ3) is 4.65. The molecule has 1 aromatic carbocycles. The Morgan fingerprint density at radius 1 is 1.40 bits per heavy atom. The number of nitrogens with zero attached hydrogens (tertiary/aromatic N) is 2. The van der Waals surface area contributed by atoms with Crippen molar-refractivity contribution >= 4 is 15.9 Å². The summed E-state index contributed by atoms with van der Waals surface area (Å²) >= 11 is 0. The fraction of sp³-hybridized carbons (Fsp3) is 0.375. The summed E-state index contributed by atoms with van der Waals surface area (Å²) < 4.78 is 29.1. The minimum Gasteiger partial charge on any atom is -0.348 e. The van der Waals surface area contributed by atoms with Crippen LogP contribution >= 0.6 is 0 Å². The quantitative estimate of drug-likeness (QED) is 0.640. The number of hydrogen-bond donors (Lipinski definition) is 3.